The monoisotopic (exact) mass is 291 g/mol. The minimum absolute atomic E-state index is 0.274. The Labute approximate surface area is 123 Å². The maximum atomic E-state index is 6.12. The van der Waals surface area contributed by atoms with Crippen LogP contribution in [0.1, 0.15) is 29.1 Å². The molecule has 0 amide bonds. The van der Waals surface area contributed by atoms with Crippen LogP contribution in [0.25, 0.3) is 10.2 Å². The van der Waals surface area contributed by atoms with E-state index in [1.807, 2.05) is 0 Å². The fourth-order valence-electron chi connectivity index (χ4n) is 2.83. The molecule has 108 valence electrons. The summed E-state index contributed by atoms with van der Waals surface area (Å²) in [6, 6.07) is 0.274. The van der Waals surface area contributed by atoms with Gasteiger partial charge in [0, 0.05) is 17.5 Å². The summed E-state index contributed by atoms with van der Waals surface area (Å²) < 4.78 is 0. The highest BCUT2D eigenvalue weighted by Gasteiger charge is 2.19. The number of hydrogen-bond donors (Lipinski definition) is 2. The van der Waals surface area contributed by atoms with E-state index >= 15 is 0 Å². The van der Waals surface area contributed by atoms with E-state index in [0.29, 0.717) is 5.82 Å². The van der Waals surface area contributed by atoms with Crippen LogP contribution in [0, 0.1) is 13.8 Å². The second-order valence-corrected chi connectivity index (χ2v) is 6.83. The van der Waals surface area contributed by atoms with Gasteiger partial charge < -0.3 is 11.5 Å². The van der Waals surface area contributed by atoms with E-state index in [1.54, 1.807) is 11.3 Å². The summed E-state index contributed by atoms with van der Waals surface area (Å²) in [7, 11) is 0. The third kappa shape index (κ3) is 2.51. The third-order valence-electron chi connectivity index (χ3n) is 4.01. The summed E-state index contributed by atoms with van der Waals surface area (Å²) in [4.78, 5) is 13.8. The van der Waals surface area contributed by atoms with Gasteiger partial charge in [-0.1, -0.05) is 0 Å². The highest BCUT2D eigenvalue weighted by molar-refractivity contribution is 7.18. The Morgan fingerprint density at radius 2 is 2.15 bits per heavy atom. The van der Waals surface area contributed by atoms with E-state index in [9.17, 15) is 0 Å². The normalized spacial score (nSPS) is 20.6. The lowest BCUT2D eigenvalue weighted by Crippen LogP contribution is -2.42. The van der Waals surface area contributed by atoms with Crippen LogP contribution in [0.5, 0.6) is 0 Å². The van der Waals surface area contributed by atoms with Crippen molar-refractivity contribution in [3.8, 4) is 0 Å². The predicted molar refractivity (Wildman–Crippen MR) is 83.8 cm³/mol. The minimum atomic E-state index is 0.274. The Morgan fingerprint density at radius 1 is 1.35 bits per heavy atom. The van der Waals surface area contributed by atoms with Crippen molar-refractivity contribution in [2.24, 2.45) is 5.73 Å². The van der Waals surface area contributed by atoms with Crippen molar-refractivity contribution < 1.29 is 0 Å². The first-order valence-corrected chi connectivity index (χ1v) is 7.86. The molecule has 0 aromatic carbocycles. The van der Waals surface area contributed by atoms with E-state index in [4.69, 9.17) is 11.5 Å². The molecule has 1 saturated heterocycles. The van der Waals surface area contributed by atoms with E-state index < -0.39 is 0 Å². The highest BCUT2D eigenvalue weighted by atomic mass is 32.1. The Kier molecular flexibility index (Phi) is 3.62. The van der Waals surface area contributed by atoms with Crippen LogP contribution in [0.4, 0.5) is 5.82 Å². The second kappa shape index (κ2) is 5.27. The Morgan fingerprint density at radius 3 is 2.90 bits per heavy atom. The molecule has 1 aliphatic rings. The van der Waals surface area contributed by atoms with E-state index in [2.05, 4.69) is 28.7 Å². The molecule has 2 aromatic rings. The zero-order valence-electron chi connectivity index (χ0n) is 12.0. The summed E-state index contributed by atoms with van der Waals surface area (Å²) in [6.45, 7) is 6.91. The first-order valence-electron chi connectivity index (χ1n) is 7.04. The Hall–Kier alpha value is -1.24. The van der Waals surface area contributed by atoms with E-state index in [-0.39, 0.29) is 6.04 Å². The molecule has 1 atom stereocenters. The lowest BCUT2D eigenvalue weighted by Gasteiger charge is -2.29. The van der Waals surface area contributed by atoms with Crippen LogP contribution in [0.3, 0.4) is 0 Å². The molecule has 0 aliphatic carbocycles. The van der Waals surface area contributed by atoms with Crippen LogP contribution in [0.2, 0.25) is 0 Å². The largest absolute Gasteiger partial charge is 0.383 e. The number of likely N-dealkylation sites (tertiary alicyclic amines) is 1. The maximum Gasteiger partial charge on any atom is 0.146 e. The summed E-state index contributed by atoms with van der Waals surface area (Å²) in [6.07, 6.45) is 2.26. The van der Waals surface area contributed by atoms with Gasteiger partial charge in [-0.2, -0.15) is 0 Å². The molecular formula is C14H21N5S. The number of hydrogen-bond acceptors (Lipinski definition) is 6. The van der Waals surface area contributed by atoms with E-state index in [1.165, 1.54) is 10.4 Å². The molecule has 3 heterocycles. The predicted octanol–water partition coefficient (Wildman–Crippen LogP) is 1.81. The van der Waals surface area contributed by atoms with Gasteiger partial charge in [-0.3, -0.25) is 4.90 Å². The summed E-state index contributed by atoms with van der Waals surface area (Å²) in [5.41, 5.74) is 13.3. The molecule has 0 bridgehead atoms. The SMILES string of the molecule is Cc1sc2nc(CN3CCCC(N)C3)nc(N)c2c1C. The fraction of sp³-hybridized carbons (Fsp3) is 0.571. The number of piperidine rings is 1. The molecule has 6 heteroatoms. The van der Waals surface area contributed by atoms with Crippen molar-refractivity contribution in [1.29, 1.82) is 0 Å². The Balaban J connectivity index is 1.89. The average molecular weight is 291 g/mol. The van der Waals surface area contributed by atoms with Gasteiger partial charge in [-0.25, -0.2) is 9.97 Å². The number of aryl methyl sites for hydroxylation is 2. The summed E-state index contributed by atoms with van der Waals surface area (Å²) >= 11 is 1.70. The second-order valence-electron chi connectivity index (χ2n) is 5.63. The summed E-state index contributed by atoms with van der Waals surface area (Å²) in [5.74, 6) is 1.42. The Bertz CT molecular complexity index is 636. The van der Waals surface area contributed by atoms with Crippen molar-refractivity contribution in [1.82, 2.24) is 14.9 Å². The first kappa shape index (κ1) is 13.7. The lowest BCUT2D eigenvalue weighted by molar-refractivity contribution is 0.197. The van der Waals surface area contributed by atoms with Gasteiger partial charge in [-0.15, -0.1) is 11.3 Å². The number of aromatic nitrogens is 2. The quantitative estimate of drug-likeness (QED) is 0.882. The van der Waals surface area contributed by atoms with Crippen LogP contribution in [-0.4, -0.2) is 34.0 Å². The molecule has 20 heavy (non-hydrogen) atoms. The van der Waals surface area contributed by atoms with Gasteiger partial charge in [0.2, 0.25) is 0 Å². The van der Waals surface area contributed by atoms with Gasteiger partial charge in [0.25, 0.3) is 0 Å². The molecule has 3 rings (SSSR count). The van der Waals surface area contributed by atoms with Crippen LogP contribution in [0.15, 0.2) is 0 Å². The maximum absolute atomic E-state index is 6.12. The molecular weight excluding hydrogens is 270 g/mol. The summed E-state index contributed by atoms with van der Waals surface area (Å²) in [5, 5.41) is 1.02. The zero-order chi connectivity index (χ0) is 14.3. The van der Waals surface area contributed by atoms with E-state index in [0.717, 1.165) is 48.5 Å². The lowest BCUT2D eigenvalue weighted by atomic mass is 10.1. The average Bonchev–Trinajstić information content (AvgIpc) is 2.65. The van der Waals surface area contributed by atoms with Crippen molar-refractivity contribution in [3.63, 3.8) is 0 Å². The number of fused-ring (bicyclic) bond motifs is 1. The number of nitrogens with two attached hydrogens (primary N) is 2. The smallest absolute Gasteiger partial charge is 0.146 e. The zero-order valence-corrected chi connectivity index (χ0v) is 12.8. The van der Waals surface area contributed by atoms with Crippen LogP contribution < -0.4 is 11.5 Å². The van der Waals surface area contributed by atoms with Gasteiger partial charge in [-0.05, 0) is 38.8 Å². The standard InChI is InChI=1S/C14H21N5S/c1-8-9(2)20-14-12(8)13(16)17-11(18-14)7-19-5-3-4-10(15)6-19/h10H,3-7,15H2,1-2H3,(H2,16,17,18). The number of nitrogen functional groups attached to an aromatic ring is 1. The molecule has 1 unspecified atom stereocenters. The highest BCUT2D eigenvalue weighted by Crippen LogP contribution is 2.32. The number of nitrogens with zero attached hydrogens (tertiary/aromatic N) is 3. The topological polar surface area (TPSA) is 81.1 Å². The number of anilines is 1. The van der Waals surface area contributed by atoms with Gasteiger partial charge in [0.05, 0.1) is 11.9 Å². The third-order valence-corrected chi connectivity index (χ3v) is 5.11. The first-order chi connectivity index (χ1) is 9.54. The van der Waals surface area contributed by atoms with Crippen molar-refractivity contribution >= 4 is 27.4 Å². The molecule has 0 saturated carbocycles. The van der Waals surface area contributed by atoms with Crippen molar-refractivity contribution in [2.75, 3.05) is 18.8 Å². The number of thiophene rings is 1. The fourth-order valence-corrected chi connectivity index (χ4v) is 3.89. The molecule has 5 nitrogen and oxygen atoms in total. The van der Waals surface area contributed by atoms with Crippen LogP contribution in [-0.2, 0) is 6.54 Å². The van der Waals surface area contributed by atoms with Crippen molar-refractivity contribution in [2.45, 2.75) is 39.3 Å². The van der Waals surface area contributed by atoms with Crippen molar-refractivity contribution in [3.05, 3.63) is 16.3 Å². The minimum Gasteiger partial charge on any atom is -0.383 e. The molecule has 0 radical (unpaired) electrons. The molecule has 1 fully saturated rings. The molecule has 4 N–H and O–H groups in total. The number of rotatable bonds is 2. The molecule has 0 spiro atoms. The van der Waals surface area contributed by atoms with Gasteiger partial charge in [0.15, 0.2) is 0 Å². The van der Waals surface area contributed by atoms with Crippen LogP contribution >= 0.6 is 11.3 Å². The van der Waals surface area contributed by atoms with Gasteiger partial charge in [0.1, 0.15) is 16.5 Å². The molecule has 1 aliphatic heterocycles. The van der Waals surface area contributed by atoms with Gasteiger partial charge >= 0.3 is 0 Å². The molecule has 2 aromatic heterocycles.